The average Bonchev–Trinajstić information content (AvgIpc) is 3.39. The van der Waals surface area contributed by atoms with Gasteiger partial charge in [0.25, 0.3) is 0 Å². The molecule has 5 rings (SSSR count). The second-order valence-electron chi connectivity index (χ2n) is 9.36. The molecule has 1 N–H and O–H groups in total. The molecule has 4 aliphatic rings. The van der Waals surface area contributed by atoms with E-state index in [-0.39, 0.29) is 40.3 Å². The molecule has 3 heterocycles. The third-order valence-corrected chi connectivity index (χ3v) is 7.49. The van der Waals surface area contributed by atoms with Gasteiger partial charge >= 0.3 is 6.18 Å². The molecule has 2 aliphatic carbocycles. The highest BCUT2D eigenvalue weighted by molar-refractivity contribution is 6.30. The Hall–Kier alpha value is -1.61. The molecule has 0 unspecified atom stereocenters. The Morgan fingerprint density at radius 3 is 2.29 bits per heavy atom. The van der Waals surface area contributed by atoms with Crippen LogP contribution in [0.4, 0.5) is 19.0 Å². The predicted molar refractivity (Wildman–Crippen MR) is 108 cm³/mol. The Labute approximate surface area is 183 Å². The van der Waals surface area contributed by atoms with Crippen molar-refractivity contribution in [2.75, 3.05) is 31.6 Å². The first-order chi connectivity index (χ1) is 14.8. The fraction of sp³-hybridized carbons (Fsp3) is 0.762. The molecule has 2 saturated heterocycles. The number of hydrogen-bond donors (Lipinski definition) is 1. The Kier molecular flexibility index (Phi) is 5.53. The zero-order valence-electron chi connectivity index (χ0n) is 17.1. The highest BCUT2D eigenvalue weighted by atomic mass is 35.5. The van der Waals surface area contributed by atoms with Crippen molar-refractivity contribution in [3.63, 3.8) is 0 Å². The minimum absolute atomic E-state index is 0.0426. The van der Waals surface area contributed by atoms with E-state index in [0.29, 0.717) is 51.0 Å². The standard InChI is InChI=1S/C21H26ClF3N4O2/c22-18-16(11-1-2-11)17(21(23,24)25)19(28-27-18)26-15-7-13-9-29(10-14(13)8-15)20(30)12-3-5-31-6-4-12/h11-15H,1-10H2,(H,26,28)/t13-,14+,15-. The molecular formula is C21H26ClF3N4O2. The second-order valence-corrected chi connectivity index (χ2v) is 9.72. The van der Waals surface area contributed by atoms with Crippen LogP contribution < -0.4 is 5.32 Å². The lowest BCUT2D eigenvalue weighted by Gasteiger charge is -2.27. The molecule has 2 saturated carbocycles. The summed E-state index contributed by atoms with van der Waals surface area (Å²) >= 11 is 6.00. The van der Waals surface area contributed by atoms with Crippen LogP contribution in [0.15, 0.2) is 0 Å². The van der Waals surface area contributed by atoms with Gasteiger partial charge in [0.2, 0.25) is 5.91 Å². The number of alkyl halides is 3. The van der Waals surface area contributed by atoms with Crippen molar-refractivity contribution in [1.82, 2.24) is 15.1 Å². The van der Waals surface area contributed by atoms with E-state index < -0.39 is 11.7 Å². The van der Waals surface area contributed by atoms with E-state index in [1.165, 1.54) is 0 Å². The molecule has 1 aromatic heterocycles. The molecule has 3 atom stereocenters. The van der Waals surface area contributed by atoms with Gasteiger partial charge in [-0.2, -0.15) is 13.2 Å². The molecule has 170 valence electrons. The smallest absolute Gasteiger partial charge is 0.381 e. The number of ether oxygens (including phenoxy) is 1. The minimum Gasteiger partial charge on any atom is -0.381 e. The lowest BCUT2D eigenvalue weighted by molar-refractivity contribution is -0.138. The van der Waals surface area contributed by atoms with Crippen LogP contribution in [-0.4, -0.2) is 53.3 Å². The summed E-state index contributed by atoms with van der Waals surface area (Å²) in [5.74, 6) is 0.463. The van der Waals surface area contributed by atoms with Crippen molar-refractivity contribution >= 4 is 23.3 Å². The number of aromatic nitrogens is 2. The van der Waals surface area contributed by atoms with Gasteiger partial charge in [0.15, 0.2) is 11.0 Å². The van der Waals surface area contributed by atoms with Crippen LogP contribution in [0.5, 0.6) is 0 Å². The van der Waals surface area contributed by atoms with Crippen LogP contribution in [0.2, 0.25) is 5.15 Å². The third kappa shape index (κ3) is 4.23. The molecule has 0 spiro atoms. The average molecular weight is 459 g/mol. The maximum Gasteiger partial charge on any atom is 0.420 e. The number of amides is 1. The lowest BCUT2D eigenvalue weighted by Crippen LogP contribution is -2.38. The number of halogens is 4. The second kappa shape index (κ2) is 8.06. The van der Waals surface area contributed by atoms with Crippen LogP contribution in [0, 0.1) is 17.8 Å². The molecule has 6 nitrogen and oxygen atoms in total. The molecule has 0 aromatic carbocycles. The molecule has 31 heavy (non-hydrogen) atoms. The highest BCUT2D eigenvalue weighted by Crippen LogP contribution is 2.50. The first kappa shape index (κ1) is 21.2. The molecule has 2 aliphatic heterocycles. The van der Waals surface area contributed by atoms with E-state index in [1.54, 1.807) is 0 Å². The van der Waals surface area contributed by atoms with Gasteiger partial charge in [-0.05, 0) is 56.3 Å². The summed E-state index contributed by atoms with van der Waals surface area (Å²) in [6.45, 7) is 2.64. The fourth-order valence-corrected chi connectivity index (χ4v) is 5.84. The molecule has 1 amide bonds. The zero-order chi connectivity index (χ0) is 21.8. The van der Waals surface area contributed by atoms with E-state index in [1.807, 2.05) is 4.90 Å². The monoisotopic (exact) mass is 458 g/mol. The molecule has 4 fully saturated rings. The molecule has 1 aromatic rings. The number of nitrogens with one attached hydrogen (secondary N) is 1. The number of carbonyl (C=O) groups is 1. The molecule has 0 radical (unpaired) electrons. The van der Waals surface area contributed by atoms with Crippen molar-refractivity contribution in [2.45, 2.75) is 56.7 Å². The van der Waals surface area contributed by atoms with Gasteiger partial charge < -0.3 is 15.0 Å². The number of likely N-dealkylation sites (tertiary alicyclic amines) is 1. The van der Waals surface area contributed by atoms with Gasteiger partial charge in [-0.3, -0.25) is 4.79 Å². The van der Waals surface area contributed by atoms with E-state index in [0.717, 1.165) is 25.7 Å². The minimum atomic E-state index is -4.54. The topological polar surface area (TPSA) is 67.3 Å². The Bertz CT molecular complexity index is 844. The maximum atomic E-state index is 13.9. The van der Waals surface area contributed by atoms with Gasteiger partial charge in [-0.25, -0.2) is 0 Å². The zero-order valence-corrected chi connectivity index (χ0v) is 17.9. The number of nitrogens with zero attached hydrogens (tertiary/aromatic N) is 3. The van der Waals surface area contributed by atoms with Crippen LogP contribution in [0.3, 0.4) is 0 Å². The third-order valence-electron chi connectivity index (χ3n) is 7.21. The normalized spacial score (nSPS) is 29.3. The Balaban J connectivity index is 1.26. The first-order valence-corrected chi connectivity index (χ1v) is 11.5. The fourth-order valence-electron chi connectivity index (χ4n) is 5.55. The van der Waals surface area contributed by atoms with Crippen LogP contribution in [-0.2, 0) is 15.7 Å². The van der Waals surface area contributed by atoms with Gasteiger partial charge in [0, 0.05) is 43.8 Å². The van der Waals surface area contributed by atoms with Gasteiger partial charge in [-0.1, -0.05) is 11.6 Å². The summed E-state index contributed by atoms with van der Waals surface area (Å²) in [5.41, 5.74) is -0.679. The van der Waals surface area contributed by atoms with Crippen molar-refractivity contribution in [3.8, 4) is 0 Å². The predicted octanol–water partition coefficient (Wildman–Crippen LogP) is 4.10. The molecular weight excluding hydrogens is 433 g/mol. The van der Waals surface area contributed by atoms with Crippen LogP contribution in [0.25, 0.3) is 0 Å². The van der Waals surface area contributed by atoms with E-state index >= 15 is 0 Å². The van der Waals surface area contributed by atoms with E-state index in [2.05, 4.69) is 15.5 Å². The maximum absolute atomic E-state index is 13.9. The number of rotatable bonds is 4. The van der Waals surface area contributed by atoms with E-state index in [9.17, 15) is 18.0 Å². The van der Waals surface area contributed by atoms with Crippen LogP contribution >= 0.6 is 11.6 Å². The van der Waals surface area contributed by atoms with Crippen LogP contribution in [0.1, 0.15) is 55.6 Å². The summed E-state index contributed by atoms with van der Waals surface area (Å²) in [6, 6.07) is -0.112. The van der Waals surface area contributed by atoms with Gasteiger partial charge in [-0.15, -0.1) is 10.2 Å². The first-order valence-electron chi connectivity index (χ1n) is 11.1. The van der Waals surface area contributed by atoms with E-state index in [4.69, 9.17) is 16.3 Å². The summed E-state index contributed by atoms with van der Waals surface area (Å²) < 4.78 is 47.0. The van der Waals surface area contributed by atoms with Crippen molar-refractivity contribution in [1.29, 1.82) is 0 Å². The largest absolute Gasteiger partial charge is 0.420 e. The number of carbonyl (C=O) groups excluding carboxylic acids is 1. The van der Waals surface area contributed by atoms with Gasteiger partial charge in [0.1, 0.15) is 5.56 Å². The number of fused-ring (bicyclic) bond motifs is 1. The highest BCUT2D eigenvalue weighted by Gasteiger charge is 2.46. The number of hydrogen-bond acceptors (Lipinski definition) is 5. The SMILES string of the molecule is O=C(C1CCOCC1)N1C[C@H]2C[C@@H](Nc3nnc(Cl)c(C4CC4)c3C(F)(F)F)C[C@H]2C1. The summed E-state index contributed by atoms with van der Waals surface area (Å²) in [5, 5.41) is 10.5. The summed E-state index contributed by atoms with van der Waals surface area (Å²) in [6.07, 6.45) is -0.162. The lowest BCUT2D eigenvalue weighted by atomic mass is 9.98. The Morgan fingerprint density at radius 1 is 1.06 bits per heavy atom. The number of anilines is 1. The van der Waals surface area contributed by atoms with Crippen molar-refractivity contribution in [2.24, 2.45) is 17.8 Å². The molecule has 0 bridgehead atoms. The quantitative estimate of drug-likeness (QED) is 0.735. The summed E-state index contributed by atoms with van der Waals surface area (Å²) in [4.78, 5) is 14.8. The molecule has 10 heteroatoms. The van der Waals surface area contributed by atoms with Crippen molar-refractivity contribution in [3.05, 3.63) is 16.3 Å². The van der Waals surface area contributed by atoms with Crippen molar-refractivity contribution < 1.29 is 22.7 Å². The Morgan fingerprint density at radius 2 is 1.71 bits per heavy atom. The summed E-state index contributed by atoms with van der Waals surface area (Å²) in [7, 11) is 0. The van der Waals surface area contributed by atoms with Gasteiger partial charge in [0.05, 0.1) is 0 Å².